The van der Waals surface area contributed by atoms with Gasteiger partial charge in [-0.2, -0.15) is 0 Å². The third-order valence-electron chi connectivity index (χ3n) is 2.99. The third-order valence-corrected chi connectivity index (χ3v) is 2.99. The Morgan fingerprint density at radius 1 is 1.33 bits per heavy atom. The summed E-state index contributed by atoms with van der Waals surface area (Å²) in [5.41, 5.74) is 1.40. The highest BCUT2D eigenvalue weighted by Crippen LogP contribution is 2.08. The van der Waals surface area contributed by atoms with Crippen LogP contribution < -0.4 is 5.32 Å². The molecule has 1 aliphatic heterocycles. The number of hydrogen-bond donors (Lipinski definition) is 1. The standard InChI is InChI=1S/C13H20N2/c1-15(11-13-8-5-9-14-13)10-12-6-3-2-4-7-12/h2-4,6-7,13-14H,5,8-11H2,1H3/t13-/m0/s1. The molecule has 2 nitrogen and oxygen atoms in total. The van der Waals surface area contributed by atoms with Crippen molar-refractivity contribution in [1.82, 2.24) is 10.2 Å². The van der Waals surface area contributed by atoms with Crippen molar-refractivity contribution >= 4 is 0 Å². The van der Waals surface area contributed by atoms with Gasteiger partial charge in [0.2, 0.25) is 0 Å². The predicted molar refractivity (Wildman–Crippen MR) is 63.8 cm³/mol. The molecule has 0 amide bonds. The van der Waals surface area contributed by atoms with Crippen molar-refractivity contribution in [2.75, 3.05) is 20.1 Å². The average molecular weight is 204 g/mol. The number of hydrogen-bond acceptors (Lipinski definition) is 2. The Bertz CT molecular complexity index is 278. The highest BCUT2D eigenvalue weighted by molar-refractivity contribution is 5.14. The fourth-order valence-electron chi connectivity index (χ4n) is 2.25. The Morgan fingerprint density at radius 3 is 2.80 bits per heavy atom. The summed E-state index contributed by atoms with van der Waals surface area (Å²) in [7, 11) is 2.20. The van der Waals surface area contributed by atoms with Crippen LogP contribution in [0, 0.1) is 0 Å². The second kappa shape index (κ2) is 5.29. The van der Waals surface area contributed by atoms with Crippen LogP contribution in [0.15, 0.2) is 30.3 Å². The first-order chi connectivity index (χ1) is 7.34. The zero-order valence-corrected chi connectivity index (χ0v) is 9.45. The van der Waals surface area contributed by atoms with Gasteiger partial charge in [-0.25, -0.2) is 0 Å². The van der Waals surface area contributed by atoms with Crippen molar-refractivity contribution in [3.8, 4) is 0 Å². The number of benzene rings is 1. The maximum Gasteiger partial charge on any atom is 0.0231 e. The molecule has 0 spiro atoms. The second-order valence-electron chi connectivity index (χ2n) is 4.48. The van der Waals surface area contributed by atoms with E-state index < -0.39 is 0 Å². The lowest BCUT2D eigenvalue weighted by molar-refractivity contribution is 0.293. The van der Waals surface area contributed by atoms with E-state index in [1.54, 1.807) is 0 Å². The SMILES string of the molecule is CN(Cc1ccccc1)C[C@@H]1CCCN1. The highest BCUT2D eigenvalue weighted by atomic mass is 15.1. The topological polar surface area (TPSA) is 15.3 Å². The summed E-state index contributed by atoms with van der Waals surface area (Å²) >= 11 is 0. The van der Waals surface area contributed by atoms with Gasteiger partial charge in [0, 0.05) is 19.1 Å². The van der Waals surface area contributed by atoms with Crippen LogP contribution in [-0.2, 0) is 6.54 Å². The Labute approximate surface area is 92.3 Å². The van der Waals surface area contributed by atoms with Gasteiger partial charge >= 0.3 is 0 Å². The molecule has 1 fully saturated rings. The summed E-state index contributed by atoms with van der Waals surface area (Å²) in [4.78, 5) is 2.40. The monoisotopic (exact) mass is 204 g/mol. The van der Waals surface area contributed by atoms with Crippen LogP contribution in [0.3, 0.4) is 0 Å². The summed E-state index contributed by atoms with van der Waals surface area (Å²) in [5, 5.41) is 3.53. The molecule has 1 aliphatic rings. The summed E-state index contributed by atoms with van der Waals surface area (Å²) in [6, 6.07) is 11.4. The molecule has 2 heteroatoms. The molecular formula is C13H20N2. The van der Waals surface area contributed by atoms with Crippen LogP contribution in [0.5, 0.6) is 0 Å². The maximum atomic E-state index is 3.53. The normalized spacial score (nSPS) is 21.1. The molecule has 1 aromatic carbocycles. The maximum absolute atomic E-state index is 3.53. The zero-order chi connectivity index (χ0) is 10.5. The van der Waals surface area contributed by atoms with Gasteiger partial charge in [0.1, 0.15) is 0 Å². The minimum Gasteiger partial charge on any atom is -0.313 e. The van der Waals surface area contributed by atoms with Crippen LogP contribution in [0.1, 0.15) is 18.4 Å². The zero-order valence-electron chi connectivity index (χ0n) is 9.45. The number of nitrogens with zero attached hydrogens (tertiary/aromatic N) is 1. The Morgan fingerprint density at radius 2 is 2.13 bits per heavy atom. The van der Waals surface area contributed by atoms with Gasteiger partial charge in [-0.05, 0) is 32.0 Å². The van der Waals surface area contributed by atoms with Crippen molar-refractivity contribution in [2.24, 2.45) is 0 Å². The number of rotatable bonds is 4. The van der Waals surface area contributed by atoms with Crippen molar-refractivity contribution in [1.29, 1.82) is 0 Å². The minimum absolute atomic E-state index is 0.707. The van der Waals surface area contributed by atoms with Gasteiger partial charge in [0.15, 0.2) is 0 Å². The molecule has 2 rings (SSSR count). The lowest BCUT2D eigenvalue weighted by Gasteiger charge is -2.21. The molecule has 1 aromatic rings. The molecule has 0 radical (unpaired) electrons. The average Bonchev–Trinajstić information content (AvgIpc) is 2.71. The summed E-state index contributed by atoms with van der Waals surface area (Å²) in [5.74, 6) is 0. The molecule has 1 heterocycles. The summed E-state index contributed by atoms with van der Waals surface area (Å²) in [6.07, 6.45) is 2.67. The minimum atomic E-state index is 0.707. The molecule has 1 atom stereocenters. The summed E-state index contributed by atoms with van der Waals surface area (Å²) in [6.45, 7) is 3.41. The molecule has 82 valence electrons. The van der Waals surface area contributed by atoms with Crippen molar-refractivity contribution < 1.29 is 0 Å². The first-order valence-electron chi connectivity index (χ1n) is 5.80. The predicted octanol–water partition coefficient (Wildman–Crippen LogP) is 1.87. The Balaban J connectivity index is 1.79. The van der Waals surface area contributed by atoms with Crippen molar-refractivity contribution in [3.63, 3.8) is 0 Å². The molecule has 0 saturated carbocycles. The molecule has 0 bridgehead atoms. The quantitative estimate of drug-likeness (QED) is 0.805. The van der Waals surface area contributed by atoms with E-state index in [1.165, 1.54) is 24.9 Å². The Hall–Kier alpha value is -0.860. The van der Waals surface area contributed by atoms with Gasteiger partial charge in [-0.1, -0.05) is 30.3 Å². The van der Waals surface area contributed by atoms with Crippen LogP contribution in [0.4, 0.5) is 0 Å². The smallest absolute Gasteiger partial charge is 0.0231 e. The Kier molecular flexibility index (Phi) is 3.75. The van der Waals surface area contributed by atoms with E-state index in [9.17, 15) is 0 Å². The molecule has 0 aromatic heterocycles. The van der Waals surface area contributed by atoms with E-state index in [-0.39, 0.29) is 0 Å². The number of nitrogens with one attached hydrogen (secondary N) is 1. The third kappa shape index (κ3) is 3.33. The fraction of sp³-hybridized carbons (Fsp3) is 0.538. The van der Waals surface area contributed by atoms with E-state index >= 15 is 0 Å². The van der Waals surface area contributed by atoms with Crippen LogP contribution >= 0.6 is 0 Å². The second-order valence-corrected chi connectivity index (χ2v) is 4.48. The van der Waals surface area contributed by atoms with E-state index in [2.05, 4.69) is 47.6 Å². The van der Waals surface area contributed by atoms with Crippen LogP contribution in [0.25, 0.3) is 0 Å². The van der Waals surface area contributed by atoms with E-state index in [4.69, 9.17) is 0 Å². The first kappa shape index (κ1) is 10.7. The molecule has 0 aliphatic carbocycles. The lowest BCUT2D eigenvalue weighted by Crippen LogP contribution is -2.34. The van der Waals surface area contributed by atoms with Crippen molar-refractivity contribution in [3.05, 3.63) is 35.9 Å². The first-order valence-corrected chi connectivity index (χ1v) is 5.80. The van der Waals surface area contributed by atoms with E-state index in [1.807, 2.05) is 0 Å². The van der Waals surface area contributed by atoms with Gasteiger partial charge in [0.05, 0.1) is 0 Å². The van der Waals surface area contributed by atoms with E-state index in [0.29, 0.717) is 6.04 Å². The molecular weight excluding hydrogens is 184 g/mol. The van der Waals surface area contributed by atoms with Crippen LogP contribution in [-0.4, -0.2) is 31.1 Å². The molecule has 0 unspecified atom stereocenters. The summed E-state index contributed by atoms with van der Waals surface area (Å²) < 4.78 is 0. The van der Waals surface area contributed by atoms with Gasteiger partial charge < -0.3 is 10.2 Å². The van der Waals surface area contributed by atoms with Crippen LogP contribution in [0.2, 0.25) is 0 Å². The molecule has 15 heavy (non-hydrogen) atoms. The lowest BCUT2D eigenvalue weighted by atomic mass is 10.2. The van der Waals surface area contributed by atoms with Gasteiger partial charge in [0.25, 0.3) is 0 Å². The largest absolute Gasteiger partial charge is 0.313 e. The number of likely N-dealkylation sites (N-methyl/N-ethyl adjacent to an activating group) is 1. The molecule has 1 N–H and O–H groups in total. The van der Waals surface area contributed by atoms with Crippen molar-refractivity contribution in [2.45, 2.75) is 25.4 Å². The fourth-order valence-corrected chi connectivity index (χ4v) is 2.25. The molecule has 1 saturated heterocycles. The van der Waals surface area contributed by atoms with Gasteiger partial charge in [-0.15, -0.1) is 0 Å². The van der Waals surface area contributed by atoms with Gasteiger partial charge in [-0.3, -0.25) is 0 Å². The van der Waals surface area contributed by atoms with E-state index in [0.717, 1.165) is 13.1 Å². The highest BCUT2D eigenvalue weighted by Gasteiger charge is 2.15.